The maximum atomic E-state index is 11.8. The molecule has 7 nitrogen and oxygen atoms in total. The van der Waals surface area contributed by atoms with Crippen LogP contribution in [0.25, 0.3) is 0 Å². The standard InChI is InChI=1S/C10H13N3O4S/c1-6-2-3-8(14)10(12-6)13-5-7(4-9(13)15)18(11,16)17/h2-3,7,14H,4-5H2,1H3,(H2,11,16,17). The van der Waals surface area contributed by atoms with Gasteiger partial charge in [0.2, 0.25) is 15.9 Å². The van der Waals surface area contributed by atoms with Gasteiger partial charge in [-0.15, -0.1) is 0 Å². The molecule has 1 fully saturated rings. The lowest BCUT2D eigenvalue weighted by Crippen LogP contribution is -2.32. The van der Waals surface area contributed by atoms with Crippen LogP contribution in [0.3, 0.4) is 0 Å². The number of anilines is 1. The minimum atomic E-state index is -3.77. The fraction of sp³-hybridized carbons (Fsp3) is 0.400. The minimum Gasteiger partial charge on any atom is -0.504 e. The van der Waals surface area contributed by atoms with Crippen molar-refractivity contribution in [2.75, 3.05) is 11.4 Å². The average Bonchev–Trinajstić information content (AvgIpc) is 2.64. The van der Waals surface area contributed by atoms with Crippen LogP contribution in [0.4, 0.5) is 5.82 Å². The zero-order valence-corrected chi connectivity index (χ0v) is 10.5. The summed E-state index contributed by atoms with van der Waals surface area (Å²) in [5.41, 5.74) is 0.620. The summed E-state index contributed by atoms with van der Waals surface area (Å²) in [4.78, 5) is 16.9. The quantitative estimate of drug-likeness (QED) is 0.752. The van der Waals surface area contributed by atoms with E-state index in [1.54, 1.807) is 13.0 Å². The molecule has 1 aromatic heterocycles. The molecular formula is C10H13N3O4S. The lowest BCUT2D eigenvalue weighted by Gasteiger charge is -2.16. The Bertz CT molecular complexity index is 599. The third kappa shape index (κ3) is 2.29. The van der Waals surface area contributed by atoms with Crippen molar-refractivity contribution in [2.45, 2.75) is 18.6 Å². The molecule has 0 saturated carbocycles. The van der Waals surface area contributed by atoms with Crippen LogP contribution in [0.2, 0.25) is 0 Å². The molecule has 1 unspecified atom stereocenters. The summed E-state index contributed by atoms with van der Waals surface area (Å²) in [6, 6.07) is 3.01. The summed E-state index contributed by atoms with van der Waals surface area (Å²) in [7, 11) is -3.77. The predicted octanol–water partition coefficient (Wildman–Crippen LogP) is -0.511. The molecule has 8 heteroatoms. The molecule has 0 spiro atoms. The summed E-state index contributed by atoms with van der Waals surface area (Å²) < 4.78 is 22.4. The van der Waals surface area contributed by atoms with E-state index in [1.165, 1.54) is 6.07 Å². The highest BCUT2D eigenvalue weighted by Gasteiger charge is 2.38. The molecule has 0 radical (unpaired) electrons. The molecule has 1 aromatic rings. The molecule has 1 aliphatic heterocycles. The lowest BCUT2D eigenvalue weighted by atomic mass is 10.3. The molecule has 1 aliphatic rings. The van der Waals surface area contributed by atoms with E-state index < -0.39 is 21.2 Å². The topological polar surface area (TPSA) is 114 Å². The molecule has 18 heavy (non-hydrogen) atoms. The van der Waals surface area contributed by atoms with Gasteiger partial charge in [-0.05, 0) is 19.1 Å². The van der Waals surface area contributed by atoms with E-state index in [4.69, 9.17) is 5.14 Å². The number of sulfonamides is 1. The zero-order valence-electron chi connectivity index (χ0n) is 9.70. The predicted molar refractivity (Wildman–Crippen MR) is 64.5 cm³/mol. The van der Waals surface area contributed by atoms with Crippen LogP contribution in [0.1, 0.15) is 12.1 Å². The van der Waals surface area contributed by atoms with E-state index in [0.29, 0.717) is 5.69 Å². The third-order valence-corrected chi connectivity index (χ3v) is 4.05. The van der Waals surface area contributed by atoms with E-state index >= 15 is 0 Å². The van der Waals surface area contributed by atoms with Gasteiger partial charge in [0.05, 0.1) is 0 Å². The van der Waals surface area contributed by atoms with E-state index in [9.17, 15) is 18.3 Å². The van der Waals surface area contributed by atoms with Crippen molar-refractivity contribution in [3.8, 4) is 5.75 Å². The minimum absolute atomic E-state index is 0.0751. The molecule has 1 atom stereocenters. The van der Waals surface area contributed by atoms with Crippen molar-refractivity contribution < 1.29 is 18.3 Å². The van der Waals surface area contributed by atoms with Crippen molar-refractivity contribution in [1.82, 2.24) is 4.98 Å². The second-order valence-corrected chi connectivity index (χ2v) is 6.06. The highest BCUT2D eigenvalue weighted by molar-refractivity contribution is 7.89. The summed E-state index contributed by atoms with van der Waals surface area (Å²) in [5.74, 6) is -0.502. The zero-order chi connectivity index (χ0) is 13.5. The number of aromatic nitrogens is 1. The molecule has 0 aromatic carbocycles. The normalized spacial score (nSPS) is 20.4. The Hall–Kier alpha value is -1.67. The van der Waals surface area contributed by atoms with Crippen LogP contribution >= 0.6 is 0 Å². The van der Waals surface area contributed by atoms with Gasteiger partial charge in [0.1, 0.15) is 5.25 Å². The van der Waals surface area contributed by atoms with Gasteiger partial charge in [-0.25, -0.2) is 18.5 Å². The van der Waals surface area contributed by atoms with Crippen LogP contribution in [0, 0.1) is 6.92 Å². The molecule has 1 saturated heterocycles. The molecule has 0 bridgehead atoms. The average molecular weight is 271 g/mol. The number of hydrogen-bond acceptors (Lipinski definition) is 5. The fourth-order valence-corrected chi connectivity index (χ4v) is 2.57. The van der Waals surface area contributed by atoms with Crippen LogP contribution in [-0.2, 0) is 14.8 Å². The second-order valence-electron chi connectivity index (χ2n) is 4.21. The van der Waals surface area contributed by atoms with Crippen LogP contribution in [-0.4, -0.2) is 36.2 Å². The van der Waals surface area contributed by atoms with Gasteiger partial charge in [0.25, 0.3) is 0 Å². The maximum Gasteiger partial charge on any atom is 0.229 e. The number of pyridine rings is 1. The summed E-state index contributed by atoms with van der Waals surface area (Å²) in [6.45, 7) is 1.63. The second kappa shape index (κ2) is 4.21. The number of aromatic hydroxyl groups is 1. The number of carbonyl (C=O) groups is 1. The number of primary sulfonamides is 1. The molecule has 98 valence electrons. The Morgan fingerprint density at radius 2 is 2.17 bits per heavy atom. The van der Waals surface area contributed by atoms with Crippen LogP contribution in [0.5, 0.6) is 5.75 Å². The molecular weight excluding hydrogens is 258 g/mol. The number of carbonyl (C=O) groups excluding carboxylic acids is 1. The van der Waals surface area contributed by atoms with Crippen LogP contribution in [0.15, 0.2) is 12.1 Å². The van der Waals surface area contributed by atoms with Gasteiger partial charge >= 0.3 is 0 Å². The van der Waals surface area contributed by atoms with E-state index in [0.717, 1.165) is 4.90 Å². The summed E-state index contributed by atoms with van der Waals surface area (Å²) in [6.07, 6.45) is -0.187. The van der Waals surface area contributed by atoms with E-state index in [-0.39, 0.29) is 24.5 Å². The Morgan fingerprint density at radius 3 is 2.72 bits per heavy atom. The Balaban J connectivity index is 2.35. The molecule has 2 rings (SSSR count). The number of rotatable bonds is 2. The first-order valence-corrected chi connectivity index (χ1v) is 6.88. The van der Waals surface area contributed by atoms with Crippen molar-refractivity contribution in [3.05, 3.63) is 17.8 Å². The van der Waals surface area contributed by atoms with Crippen molar-refractivity contribution in [3.63, 3.8) is 0 Å². The number of hydrogen-bond donors (Lipinski definition) is 2. The number of nitrogens with zero attached hydrogens (tertiary/aromatic N) is 2. The monoisotopic (exact) mass is 271 g/mol. The van der Waals surface area contributed by atoms with E-state index in [1.807, 2.05) is 0 Å². The first kappa shape index (κ1) is 12.8. The molecule has 1 amide bonds. The van der Waals surface area contributed by atoms with Gasteiger partial charge in [-0.3, -0.25) is 9.69 Å². The third-order valence-electron chi connectivity index (χ3n) is 2.80. The van der Waals surface area contributed by atoms with Gasteiger partial charge in [0.15, 0.2) is 11.6 Å². The summed E-state index contributed by atoms with van der Waals surface area (Å²) in [5, 5.41) is 13.7. The molecule has 0 aliphatic carbocycles. The maximum absolute atomic E-state index is 11.8. The highest BCUT2D eigenvalue weighted by atomic mass is 32.2. The van der Waals surface area contributed by atoms with Crippen molar-refractivity contribution in [1.29, 1.82) is 0 Å². The van der Waals surface area contributed by atoms with Crippen LogP contribution < -0.4 is 10.0 Å². The van der Waals surface area contributed by atoms with Crippen molar-refractivity contribution >= 4 is 21.7 Å². The molecule has 3 N–H and O–H groups in total. The SMILES string of the molecule is Cc1ccc(O)c(N2CC(S(N)(=O)=O)CC2=O)n1. The number of aryl methyl sites for hydroxylation is 1. The van der Waals surface area contributed by atoms with E-state index in [2.05, 4.69) is 4.98 Å². The number of amides is 1. The Morgan fingerprint density at radius 1 is 1.50 bits per heavy atom. The van der Waals surface area contributed by atoms with Gasteiger partial charge in [-0.1, -0.05) is 0 Å². The largest absolute Gasteiger partial charge is 0.504 e. The Kier molecular flexibility index (Phi) is 2.99. The Labute approximate surface area is 104 Å². The lowest BCUT2D eigenvalue weighted by molar-refractivity contribution is -0.117. The van der Waals surface area contributed by atoms with Gasteiger partial charge < -0.3 is 5.11 Å². The van der Waals surface area contributed by atoms with Gasteiger partial charge in [0, 0.05) is 18.7 Å². The fourth-order valence-electron chi connectivity index (χ4n) is 1.83. The summed E-state index contributed by atoms with van der Waals surface area (Å²) >= 11 is 0. The molecule has 2 heterocycles. The van der Waals surface area contributed by atoms with Gasteiger partial charge in [-0.2, -0.15) is 0 Å². The smallest absolute Gasteiger partial charge is 0.229 e. The first-order chi connectivity index (χ1) is 8.29. The number of nitrogens with two attached hydrogens (primary N) is 1. The highest BCUT2D eigenvalue weighted by Crippen LogP contribution is 2.29. The first-order valence-electron chi connectivity index (χ1n) is 5.27. The van der Waals surface area contributed by atoms with Crippen molar-refractivity contribution in [2.24, 2.45) is 5.14 Å².